The zero-order valence-electron chi connectivity index (χ0n) is 16.8. The molecule has 3 rings (SSSR count). The predicted molar refractivity (Wildman–Crippen MR) is 121 cm³/mol. The molecule has 5 nitrogen and oxygen atoms in total. The van der Waals surface area contributed by atoms with E-state index < -0.39 is 10.0 Å². The second kappa shape index (κ2) is 9.32. The number of benzene rings is 3. The van der Waals surface area contributed by atoms with Crippen LogP contribution in [0.4, 0.5) is 5.69 Å². The maximum Gasteiger partial charge on any atom is 0.262 e. The van der Waals surface area contributed by atoms with Crippen molar-refractivity contribution in [2.45, 2.75) is 25.2 Å². The van der Waals surface area contributed by atoms with Crippen LogP contribution >= 0.6 is 11.6 Å². The summed E-state index contributed by atoms with van der Waals surface area (Å²) in [5, 5.41) is 3.49. The molecule has 3 aromatic rings. The zero-order chi connectivity index (χ0) is 21.7. The molecule has 0 saturated heterocycles. The summed E-state index contributed by atoms with van der Waals surface area (Å²) in [4.78, 5) is 12.6. The van der Waals surface area contributed by atoms with E-state index in [9.17, 15) is 13.2 Å². The van der Waals surface area contributed by atoms with Gasteiger partial charge in [-0.25, -0.2) is 8.42 Å². The van der Waals surface area contributed by atoms with E-state index in [0.717, 1.165) is 11.1 Å². The number of anilines is 1. The van der Waals surface area contributed by atoms with Crippen LogP contribution in [0.25, 0.3) is 0 Å². The first-order valence-electron chi connectivity index (χ1n) is 9.47. The summed E-state index contributed by atoms with van der Waals surface area (Å²) in [6, 6.07) is 19.2. The summed E-state index contributed by atoms with van der Waals surface area (Å²) in [5.74, 6) is -0.323. The third kappa shape index (κ3) is 5.62. The molecule has 1 amide bonds. The van der Waals surface area contributed by atoms with Gasteiger partial charge in [0, 0.05) is 22.8 Å². The fourth-order valence-electron chi connectivity index (χ4n) is 3.02. The van der Waals surface area contributed by atoms with Crippen LogP contribution in [0.15, 0.2) is 71.6 Å². The largest absolute Gasteiger partial charge is 0.352 e. The quantitative estimate of drug-likeness (QED) is 0.555. The third-order valence-electron chi connectivity index (χ3n) is 4.62. The molecule has 0 unspecified atom stereocenters. The Kier molecular flexibility index (Phi) is 6.80. The van der Waals surface area contributed by atoms with Gasteiger partial charge in [-0.1, -0.05) is 41.9 Å². The van der Waals surface area contributed by atoms with Gasteiger partial charge in [-0.05, 0) is 73.4 Å². The highest BCUT2D eigenvalue weighted by Gasteiger charge is 2.19. The Balaban J connectivity index is 1.71. The molecule has 0 saturated carbocycles. The van der Waals surface area contributed by atoms with Gasteiger partial charge in [-0.3, -0.25) is 9.52 Å². The predicted octanol–water partition coefficient (Wildman–Crippen LogP) is 4.73. The molecule has 0 aliphatic heterocycles. The number of amides is 1. The fraction of sp³-hybridized carbons (Fsp3) is 0.174. The van der Waals surface area contributed by atoms with Crippen LogP contribution in [0.1, 0.15) is 27.0 Å². The van der Waals surface area contributed by atoms with Crippen molar-refractivity contribution in [2.24, 2.45) is 0 Å². The van der Waals surface area contributed by atoms with Crippen LogP contribution in [0.5, 0.6) is 0 Å². The lowest BCUT2D eigenvalue weighted by Crippen LogP contribution is -2.26. The zero-order valence-corrected chi connectivity index (χ0v) is 18.3. The lowest BCUT2D eigenvalue weighted by atomic mass is 10.1. The van der Waals surface area contributed by atoms with Crippen LogP contribution in [0.2, 0.25) is 5.02 Å². The average Bonchev–Trinajstić information content (AvgIpc) is 2.69. The van der Waals surface area contributed by atoms with E-state index in [-0.39, 0.29) is 10.8 Å². The van der Waals surface area contributed by atoms with Gasteiger partial charge in [0.15, 0.2) is 0 Å². The van der Waals surface area contributed by atoms with E-state index in [1.165, 1.54) is 6.07 Å². The van der Waals surface area contributed by atoms with Gasteiger partial charge < -0.3 is 5.32 Å². The van der Waals surface area contributed by atoms with Crippen molar-refractivity contribution in [3.63, 3.8) is 0 Å². The minimum absolute atomic E-state index is 0.0781. The molecular weight excluding hydrogens is 420 g/mol. The number of rotatable bonds is 7. The topological polar surface area (TPSA) is 75.3 Å². The Morgan fingerprint density at radius 3 is 2.40 bits per heavy atom. The van der Waals surface area contributed by atoms with Crippen molar-refractivity contribution in [3.8, 4) is 0 Å². The van der Waals surface area contributed by atoms with Crippen molar-refractivity contribution >= 4 is 33.2 Å². The summed E-state index contributed by atoms with van der Waals surface area (Å²) < 4.78 is 28.3. The summed E-state index contributed by atoms with van der Waals surface area (Å²) in [7, 11) is -3.83. The molecule has 0 fully saturated rings. The number of nitrogens with one attached hydrogen (secondary N) is 2. The van der Waals surface area contributed by atoms with Crippen LogP contribution in [-0.4, -0.2) is 20.9 Å². The Labute approximate surface area is 182 Å². The van der Waals surface area contributed by atoms with E-state index in [1.54, 1.807) is 49.4 Å². The molecule has 156 valence electrons. The average molecular weight is 443 g/mol. The number of sulfonamides is 1. The number of aryl methyl sites for hydroxylation is 2. The smallest absolute Gasteiger partial charge is 0.262 e. The first-order valence-corrected chi connectivity index (χ1v) is 11.3. The lowest BCUT2D eigenvalue weighted by molar-refractivity contribution is 0.0954. The summed E-state index contributed by atoms with van der Waals surface area (Å²) in [6.45, 7) is 4.02. The summed E-state index contributed by atoms with van der Waals surface area (Å²) in [6.07, 6.45) is 0.648. The molecule has 0 atom stereocenters. The number of carbonyl (C=O) groups is 1. The molecule has 3 aromatic carbocycles. The lowest BCUT2D eigenvalue weighted by Gasteiger charge is -2.13. The van der Waals surface area contributed by atoms with E-state index in [1.807, 2.05) is 25.1 Å². The molecule has 0 aromatic heterocycles. The Morgan fingerprint density at radius 1 is 0.967 bits per heavy atom. The third-order valence-corrected chi connectivity index (χ3v) is 6.40. The minimum Gasteiger partial charge on any atom is -0.352 e. The number of halogens is 1. The Morgan fingerprint density at radius 2 is 1.70 bits per heavy atom. The Bertz CT molecular complexity index is 1160. The highest BCUT2D eigenvalue weighted by molar-refractivity contribution is 7.92. The molecule has 30 heavy (non-hydrogen) atoms. The number of hydrogen-bond donors (Lipinski definition) is 2. The number of hydrogen-bond acceptors (Lipinski definition) is 3. The van der Waals surface area contributed by atoms with Crippen LogP contribution < -0.4 is 10.0 Å². The van der Waals surface area contributed by atoms with Crippen molar-refractivity contribution in [1.29, 1.82) is 0 Å². The van der Waals surface area contributed by atoms with Gasteiger partial charge in [0.2, 0.25) is 0 Å². The van der Waals surface area contributed by atoms with Crippen LogP contribution in [-0.2, 0) is 16.4 Å². The molecule has 0 spiro atoms. The minimum atomic E-state index is -3.83. The molecule has 0 radical (unpaired) electrons. The van der Waals surface area contributed by atoms with Gasteiger partial charge >= 0.3 is 0 Å². The van der Waals surface area contributed by atoms with Crippen molar-refractivity contribution in [3.05, 3.63) is 94.0 Å². The molecule has 0 aliphatic rings. The molecule has 0 bridgehead atoms. The van der Waals surface area contributed by atoms with E-state index >= 15 is 0 Å². The van der Waals surface area contributed by atoms with Crippen LogP contribution in [0, 0.1) is 13.8 Å². The normalized spacial score (nSPS) is 11.2. The molecule has 7 heteroatoms. The highest BCUT2D eigenvalue weighted by atomic mass is 35.5. The maximum atomic E-state index is 12.9. The van der Waals surface area contributed by atoms with Crippen LogP contribution in [0.3, 0.4) is 0 Å². The SMILES string of the molecule is Cc1cccc(NS(=O)(=O)c2cc(C(=O)NCCc3ccc(Cl)cc3)ccc2C)c1. The molecular formula is C23H23ClN2O3S. The highest BCUT2D eigenvalue weighted by Crippen LogP contribution is 2.21. The van der Waals surface area contributed by atoms with E-state index in [0.29, 0.717) is 34.8 Å². The van der Waals surface area contributed by atoms with Crippen molar-refractivity contribution < 1.29 is 13.2 Å². The maximum absolute atomic E-state index is 12.9. The Hall–Kier alpha value is -2.83. The van der Waals surface area contributed by atoms with E-state index in [4.69, 9.17) is 11.6 Å². The van der Waals surface area contributed by atoms with Gasteiger partial charge in [-0.15, -0.1) is 0 Å². The second-order valence-electron chi connectivity index (χ2n) is 7.09. The van der Waals surface area contributed by atoms with Gasteiger partial charge in [0.1, 0.15) is 0 Å². The fourth-order valence-corrected chi connectivity index (χ4v) is 4.47. The van der Waals surface area contributed by atoms with Gasteiger partial charge in [0.25, 0.3) is 15.9 Å². The standard InChI is InChI=1S/C23H23ClN2O3S/c1-16-4-3-5-21(14-16)26-30(28,29)22-15-19(9-6-17(22)2)23(27)25-13-12-18-7-10-20(24)11-8-18/h3-11,14-15,26H,12-13H2,1-2H3,(H,25,27). The number of carbonyl (C=O) groups excluding carboxylic acids is 1. The van der Waals surface area contributed by atoms with Gasteiger partial charge in [0.05, 0.1) is 4.90 Å². The molecule has 0 heterocycles. The summed E-state index contributed by atoms with van der Waals surface area (Å²) in [5.41, 5.74) is 3.33. The van der Waals surface area contributed by atoms with Gasteiger partial charge in [-0.2, -0.15) is 0 Å². The molecule has 2 N–H and O–H groups in total. The van der Waals surface area contributed by atoms with Crippen molar-refractivity contribution in [1.82, 2.24) is 5.32 Å². The monoisotopic (exact) mass is 442 g/mol. The van der Waals surface area contributed by atoms with E-state index in [2.05, 4.69) is 10.0 Å². The second-order valence-corrected chi connectivity index (χ2v) is 9.17. The van der Waals surface area contributed by atoms with Crippen molar-refractivity contribution in [2.75, 3.05) is 11.3 Å². The first kappa shape index (κ1) is 21.9. The molecule has 0 aliphatic carbocycles. The first-order chi connectivity index (χ1) is 14.2. The summed E-state index contributed by atoms with van der Waals surface area (Å²) >= 11 is 5.88.